The number of anilines is 3. The molecule has 3 heterocycles. The molecule has 3 aromatic rings. The van der Waals surface area contributed by atoms with Crippen molar-refractivity contribution in [3.8, 4) is 0 Å². The van der Waals surface area contributed by atoms with Gasteiger partial charge in [-0.1, -0.05) is 19.9 Å². The molecule has 170 valence electrons. The van der Waals surface area contributed by atoms with Crippen LogP contribution in [0.15, 0.2) is 42.9 Å². The summed E-state index contributed by atoms with van der Waals surface area (Å²) in [5, 5.41) is 24.6. The second-order valence-electron chi connectivity index (χ2n) is 8.41. The Morgan fingerprint density at radius 3 is 2.94 bits per heavy atom. The molecule has 1 saturated heterocycles. The number of aliphatic carboxylic acids is 1. The van der Waals surface area contributed by atoms with Gasteiger partial charge in [0.25, 0.3) is 0 Å². The number of aromatic nitrogens is 3. The van der Waals surface area contributed by atoms with E-state index in [9.17, 15) is 9.90 Å². The maximum atomic E-state index is 11.4. The van der Waals surface area contributed by atoms with Crippen molar-refractivity contribution in [2.45, 2.75) is 64.0 Å². The lowest BCUT2D eigenvalue weighted by Crippen LogP contribution is -2.33. The van der Waals surface area contributed by atoms with Crippen molar-refractivity contribution in [1.82, 2.24) is 14.6 Å². The van der Waals surface area contributed by atoms with Crippen LogP contribution in [0.5, 0.6) is 0 Å². The average molecular weight is 438 g/mol. The fourth-order valence-corrected chi connectivity index (χ4v) is 4.33. The van der Waals surface area contributed by atoms with Gasteiger partial charge >= 0.3 is 5.97 Å². The van der Waals surface area contributed by atoms with Gasteiger partial charge in [0.15, 0.2) is 5.65 Å². The summed E-state index contributed by atoms with van der Waals surface area (Å²) < 4.78 is 7.69. The summed E-state index contributed by atoms with van der Waals surface area (Å²) in [6.07, 6.45) is 7.73. The number of carboxylic acid groups (broad SMARTS) is 1. The van der Waals surface area contributed by atoms with Crippen LogP contribution in [0.3, 0.4) is 0 Å². The minimum atomic E-state index is -0.778. The molecule has 0 aliphatic carbocycles. The quantitative estimate of drug-likeness (QED) is 0.441. The van der Waals surface area contributed by atoms with Crippen LogP contribution in [-0.2, 0) is 9.53 Å². The third kappa shape index (κ3) is 5.19. The number of hydrogen-bond donors (Lipinski definition) is 3. The lowest BCUT2D eigenvalue weighted by molar-refractivity contribution is -0.137. The molecule has 0 spiro atoms. The number of benzene rings is 1. The topological polar surface area (TPSA) is 101 Å². The molecule has 32 heavy (non-hydrogen) atoms. The van der Waals surface area contributed by atoms with Crippen molar-refractivity contribution in [3.63, 3.8) is 0 Å². The van der Waals surface area contributed by atoms with Gasteiger partial charge in [-0.25, -0.2) is 0 Å². The first-order valence-corrected chi connectivity index (χ1v) is 11.4. The molecular weight excluding hydrogens is 406 g/mol. The van der Waals surface area contributed by atoms with E-state index in [4.69, 9.17) is 4.74 Å². The fourth-order valence-electron chi connectivity index (χ4n) is 4.33. The number of hydrogen-bond acceptors (Lipinski definition) is 6. The summed E-state index contributed by atoms with van der Waals surface area (Å²) in [7, 11) is 0. The van der Waals surface area contributed by atoms with Crippen LogP contribution in [0.4, 0.5) is 17.1 Å². The van der Waals surface area contributed by atoms with E-state index in [0.29, 0.717) is 6.04 Å². The molecule has 8 nitrogen and oxygen atoms in total. The molecule has 0 radical (unpaired) electrons. The number of carbonyl (C=O) groups is 1. The van der Waals surface area contributed by atoms with Crippen molar-refractivity contribution in [2.24, 2.45) is 0 Å². The lowest BCUT2D eigenvalue weighted by Gasteiger charge is -2.31. The van der Waals surface area contributed by atoms with Crippen LogP contribution in [-0.4, -0.2) is 44.4 Å². The van der Waals surface area contributed by atoms with E-state index < -0.39 is 5.97 Å². The molecule has 4 rings (SSSR count). The summed E-state index contributed by atoms with van der Waals surface area (Å²) in [6, 6.07) is 10.4. The average Bonchev–Trinajstić information content (AvgIpc) is 3.26. The van der Waals surface area contributed by atoms with Gasteiger partial charge in [-0.2, -0.15) is 0 Å². The third-order valence-electron chi connectivity index (χ3n) is 6.18. The Morgan fingerprint density at radius 1 is 1.28 bits per heavy atom. The van der Waals surface area contributed by atoms with Gasteiger partial charge < -0.3 is 20.5 Å². The Hall–Kier alpha value is -3.13. The van der Waals surface area contributed by atoms with Crippen molar-refractivity contribution in [2.75, 3.05) is 17.2 Å². The van der Waals surface area contributed by atoms with Gasteiger partial charge in [0, 0.05) is 18.8 Å². The maximum absolute atomic E-state index is 11.4. The smallest absolute Gasteiger partial charge is 0.303 e. The van der Waals surface area contributed by atoms with E-state index in [1.54, 1.807) is 6.33 Å². The standard InChI is InChI=1S/C24H31N5O3/c1-3-16(12-24(30)31)17-5-7-21(26-18-9-10-32-20(4-2)13-18)22(11-17)27-19-6-8-23-28-25-15-29(23)14-19/h5-8,11,14-16,18,20,26-27H,3-4,9-10,12-13H2,1-2H3,(H,30,31)/t16?,18?,20-/m0/s1. The highest BCUT2D eigenvalue weighted by molar-refractivity contribution is 5.76. The molecule has 0 amide bonds. The molecule has 8 heteroatoms. The van der Waals surface area contributed by atoms with Gasteiger partial charge in [-0.05, 0) is 61.4 Å². The lowest BCUT2D eigenvalue weighted by atomic mass is 9.92. The van der Waals surface area contributed by atoms with Crippen molar-refractivity contribution in [3.05, 3.63) is 48.4 Å². The maximum Gasteiger partial charge on any atom is 0.303 e. The molecule has 3 atom stereocenters. The minimum absolute atomic E-state index is 0.0324. The van der Waals surface area contributed by atoms with E-state index in [2.05, 4.69) is 39.9 Å². The molecule has 2 unspecified atom stereocenters. The third-order valence-corrected chi connectivity index (χ3v) is 6.18. The Labute approximate surface area is 188 Å². The summed E-state index contributed by atoms with van der Waals surface area (Å²) >= 11 is 0. The zero-order chi connectivity index (χ0) is 22.5. The number of nitrogens with one attached hydrogen (secondary N) is 2. The fraction of sp³-hybridized carbons (Fsp3) is 0.458. The van der Waals surface area contributed by atoms with Crippen molar-refractivity contribution < 1.29 is 14.6 Å². The highest BCUT2D eigenvalue weighted by Gasteiger charge is 2.22. The zero-order valence-corrected chi connectivity index (χ0v) is 18.6. The van der Waals surface area contributed by atoms with E-state index in [-0.39, 0.29) is 18.4 Å². The first-order valence-electron chi connectivity index (χ1n) is 11.4. The summed E-state index contributed by atoms with van der Waals surface area (Å²) in [4.78, 5) is 11.4. The number of fused-ring (bicyclic) bond motifs is 1. The molecule has 2 aromatic heterocycles. The number of ether oxygens (including phenoxy) is 1. The minimum Gasteiger partial charge on any atom is -0.481 e. The first-order chi connectivity index (χ1) is 15.6. The van der Waals surface area contributed by atoms with Gasteiger partial charge in [0.05, 0.1) is 29.6 Å². The highest BCUT2D eigenvalue weighted by Crippen LogP contribution is 2.34. The number of carboxylic acids is 1. The van der Waals surface area contributed by atoms with Gasteiger partial charge in [-0.3, -0.25) is 9.20 Å². The molecule has 1 aromatic carbocycles. The van der Waals surface area contributed by atoms with E-state index in [1.807, 2.05) is 35.7 Å². The Morgan fingerprint density at radius 2 is 2.16 bits per heavy atom. The first kappa shape index (κ1) is 22.1. The molecule has 3 N–H and O–H groups in total. The van der Waals surface area contributed by atoms with E-state index >= 15 is 0 Å². The van der Waals surface area contributed by atoms with E-state index in [0.717, 1.165) is 60.6 Å². The molecule has 1 aliphatic rings. The Bertz CT molecular complexity index is 1070. The van der Waals surface area contributed by atoms with Gasteiger partial charge in [0.2, 0.25) is 0 Å². The molecule has 1 fully saturated rings. The molecule has 0 bridgehead atoms. The van der Waals surface area contributed by atoms with Crippen molar-refractivity contribution >= 4 is 28.7 Å². The van der Waals surface area contributed by atoms with Crippen LogP contribution in [0.25, 0.3) is 5.65 Å². The van der Waals surface area contributed by atoms with Crippen LogP contribution in [0.1, 0.15) is 57.4 Å². The van der Waals surface area contributed by atoms with Crippen molar-refractivity contribution in [1.29, 1.82) is 0 Å². The predicted molar refractivity (Wildman–Crippen MR) is 125 cm³/mol. The van der Waals surface area contributed by atoms with Crippen LogP contribution in [0.2, 0.25) is 0 Å². The van der Waals surface area contributed by atoms with Crippen LogP contribution in [0, 0.1) is 0 Å². The molecule has 1 aliphatic heterocycles. The highest BCUT2D eigenvalue weighted by atomic mass is 16.5. The Balaban J connectivity index is 1.63. The largest absolute Gasteiger partial charge is 0.481 e. The zero-order valence-electron chi connectivity index (χ0n) is 18.6. The second kappa shape index (κ2) is 9.99. The van der Waals surface area contributed by atoms with Crippen LogP contribution < -0.4 is 10.6 Å². The molecular formula is C24H31N5O3. The normalized spacial score (nSPS) is 19.6. The number of nitrogens with zero attached hydrogens (tertiary/aromatic N) is 3. The second-order valence-corrected chi connectivity index (χ2v) is 8.41. The molecule has 0 saturated carbocycles. The Kier molecular flexibility index (Phi) is 6.90. The monoisotopic (exact) mass is 437 g/mol. The predicted octanol–water partition coefficient (Wildman–Crippen LogP) is 4.81. The van der Waals surface area contributed by atoms with Gasteiger partial charge in [-0.15, -0.1) is 10.2 Å². The SMILES string of the molecule is CCC(CC(=O)O)c1ccc(NC2CCO[C@@H](CC)C2)c(Nc2ccc3nncn3c2)c1. The summed E-state index contributed by atoms with van der Waals surface area (Å²) in [6.45, 7) is 4.95. The summed E-state index contributed by atoms with van der Waals surface area (Å²) in [5.74, 6) is -0.811. The van der Waals surface area contributed by atoms with E-state index in [1.165, 1.54) is 0 Å². The van der Waals surface area contributed by atoms with Gasteiger partial charge in [0.1, 0.15) is 6.33 Å². The van der Waals surface area contributed by atoms with Crippen LogP contribution >= 0.6 is 0 Å². The number of rotatable bonds is 9. The number of pyridine rings is 1. The summed E-state index contributed by atoms with van der Waals surface area (Å²) in [5.41, 5.74) is 4.64.